The molecule has 2 amide bonds. The fourth-order valence-corrected chi connectivity index (χ4v) is 3.47. The highest BCUT2D eigenvalue weighted by molar-refractivity contribution is 6.30. The van der Waals surface area contributed by atoms with Crippen LogP contribution in [0.1, 0.15) is 33.6 Å². The number of Topliss-reactive ketones (excluding diaryl/α,β-unsaturated/α-hetero) is 1. The van der Waals surface area contributed by atoms with E-state index in [2.05, 4.69) is 5.43 Å². The van der Waals surface area contributed by atoms with Crippen molar-refractivity contribution in [1.82, 2.24) is 10.4 Å². The molecule has 168 valence electrons. The first-order valence-electron chi connectivity index (χ1n) is 9.71. The molecule has 0 radical (unpaired) electrons. The molecule has 1 heterocycles. The Labute approximate surface area is 193 Å². The van der Waals surface area contributed by atoms with Crippen LogP contribution in [0, 0.1) is 11.7 Å². The number of nitrogens with zero attached hydrogens (tertiary/aromatic N) is 1. The lowest BCUT2D eigenvalue weighted by Crippen LogP contribution is -2.43. The van der Waals surface area contributed by atoms with Crippen LogP contribution in [-0.4, -0.2) is 47.1 Å². The first-order valence-corrected chi connectivity index (χ1v) is 10.6. The van der Waals surface area contributed by atoms with Crippen molar-refractivity contribution in [2.24, 2.45) is 5.92 Å². The van der Waals surface area contributed by atoms with Crippen molar-refractivity contribution >= 4 is 46.8 Å². The fraction of sp³-hybridized carbons (Fsp3) is 0.273. The van der Waals surface area contributed by atoms with Gasteiger partial charge in [0.1, 0.15) is 5.82 Å². The van der Waals surface area contributed by atoms with Gasteiger partial charge in [0.15, 0.2) is 6.10 Å². The SMILES string of the molecule is O=C(NN1C[C@H](C(=O)O[C@H](CCCl)C(=O)c2ccc(F)cc2)CC1=O)c1ccc(Cl)cc1. The Morgan fingerprint density at radius 1 is 1.09 bits per heavy atom. The highest BCUT2D eigenvalue weighted by Gasteiger charge is 2.38. The number of halogens is 3. The number of hydrazine groups is 1. The second-order valence-electron chi connectivity index (χ2n) is 7.13. The van der Waals surface area contributed by atoms with Gasteiger partial charge in [0.25, 0.3) is 5.91 Å². The molecule has 1 saturated heterocycles. The van der Waals surface area contributed by atoms with Gasteiger partial charge in [0.05, 0.1) is 12.5 Å². The molecule has 2 aromatic carbocycles. The van der Waals surface area contributed by atoms with Crippen molar-refractivity contribution < 1.29 is 28.3 Å². The van der Waals surface area contributed by atoms with Crippen LogP contribution in [0.15, 0.2) is 48.5 Å². The van der Waals surface area contributed by atoms with E-state index >= 15 is 0 Å². The van der Waals surface area contributed by atoms with Gasteiger partial charge in [-0.15, -0.1) is 11.6 Å². The quantitative estimate of drug-likeness (QED) is 0.355. The van der Waals surface area contributed by atoms with Gasteiger partial charge < -0.3 is 4.74 Å². The topological polar surface area (TPSA) is 92.8 Å². The van der Waals surface area contributed by atoms with E-state index in [0.29, 0.717) is 10.6 Å². The third-order valence-corrected chi connectivity index (χ3v) is 5.32. The first kappa shape index (κ1) is 23.7. The molecule has 2 aromatic rings. The molecule has 32 heavy (non-hydrogen) atoms. The minimum Gasteiger partial charge on any atom is -0.454 e. The van der Waals surface area contributed by atoms with E-state index < -0.39 is 41.4 Å². The first-order chi connectivity index (χ1) is 15.3. The van der Waals surface area contributed by atoms with Gasteiger partial charge in [-0.05, 0) is 48.5 Å². The van der Waals surface area contributed by atoms with Gasteiger partial charge in [0.2, 0.25) is 11.7 Å². The maximum absolute atomic E-state index is 13.1. The Morgan fingerprint density at radius 2 is 1.72 bits per heavy atom. The number of hydrogen-bond acceptors (Lipinski definition) is 5. The zero-order valence-electron chi connectivity index (χ0n) is 16.7. The number of hydrogen-bond donors (Lipinski definition) is 1. The minimum atomic E-state index is -1.17. The maximum atomic E-state index is 13.1. The second-order valence-corrected chi connectivity index (χ2v) is 7.94. The van der Waals surface area contributed by atoms with Crippen LogP contribution in [0.25, 0.3) is 0 Å². The molecule has 0 aliphatic carbocycles. The largest absolute Gasteiger partial charge is 0.454 e. The molecular weight excluding hydrogens is 462 g/mol. The summed E-state index contributed by atoms with van der Waals surface area (Å²) in [5.41, 5.74) is 2.92. The molecule has 2 atom stereocenters. The molecule has 1 N–H and O–H groups in total. The monoisotopic (exact) mass is 480 g/mol. The van der Waals surface area contributed by atoms with Crippen molar-refractivity contribution in [1.29, 1.82) is 0 Å². The fourth-order valence-electron chi connectivity index (χ4n) is 3.14. The molecule has 3 rings (SSSR count). The van der Waals surface area contributed by atoms with E-state index in [9.17, 15) is 23.6 Å². The molecule has 7 nitrogen and oxygen atoms in total. The van der Waals surface area contributed by atoms with Gasteiger partial charge in [-0.3, -0.25) is 29.6 Å². The van der Waals surface area contributed by atoms with E-state index in [1.807, 2.05) is 0 Å². The summed E-state index contributed by atoms with van der Waals surface area (Å²) < 4.78 is 18.5. The summed E-state index contributed by atoms with van der Waals surface area (Å²) in [4.78, 5) is 49.9. The van der Waals surface area contributed by atoms with Crippen LogP contribution in [0.5, 0.6) is 0 Å². The molecule has 1 fully saturated rings. The summed E-state index contributed by atoms with van der Waals surface area (Å²) in [6.07, 6.45) is -1.29. The molecule has 0 unspecified atom stereocenters. The van der Waals surface area contributed by atoms with Crippen LogP contribution >= 0.6 is 23.2 Å². The number of amides is 2. The van der Waals surface area contributed by atoms with Crippen LogP contribution < -0.4 is 5.43 Å². The predicted octanol–water partition coefficient (Wildman–Crippen LogP) is 3.40. The van der Waals surface area contributed by atoms with E-state index in [-0.39, 0.29) is 30.8 Å². The number of esters is 1. The summed E-state index contributed by atoms with van der Waals surface area (Å²) >= 11 is 11.5. The maximum Gasteiger partial charge on any atom is 0.312 e. The van der Waals surface area contributed by atoms with E-state index in [1.54, 1.807) is 0 Å². The lowest BCUT2D eigenvalue weighted by molar-refractivity contribution is -0.151. The second kappa shape index (κ2) is 10.6. The third-order valence-electron chi connectivity index (χ3n) is 4.85. The Kier molecular flexibility index (Phi) is 7.82. The molecule has 1 aliphatic rings. The van der Waals surface area contributed by atoms with Gasteiger partial charge in [-0.25, -0.2) is 4.39 Å². The summed E-state index contributed by atoms with van der Waals surface area (Å²) in [7, 11) is 0. The summed E-state index contributed by atoms with van der Waals surface area (Å²) in [6.45, 7) is -0.102. The zero-order chi connectivity index (χ0) is 23.3. The van der Waals surface area contributed by atoms with Gasteiger partial charge in [-0.1, -0.05) is 11.6 Å². The highest BCUT2D eigenvalue weighted by Crippen LogP contribution is 2.21. The Bertz CT molecular complexity index is 1010. The van der Waals surface area contributed by atoms with Crippen LogP contribution in [0.2, 0.25) is 5.02 Å². The molecule has 0 spiro atoms. The lowest BCUT2D eigenvalue weighted by atomic mass is 10.0. The molecule has 1 aliphatic heterocycles. The average Bonchev–Trinajstić information content (AvgIpc) is 3.14. The number of ether oxygens (including phenoxy) is 1. The zero-order valence-corrected chi connectivity index (χ0v) is 18.2. The minimum absolute atomic E-state index is 0.0533. The highest BCUT2D eigenvalue weighted by atomic mass is 35.5. The normalized spacial score (nSPS) is 16.5. The van der Waals surface area contributed by atoms with E-state index in [1.165, 1.54) is 36.4 Å². The van der Waals surface area contributed by atoms with Gasteiger partial charge in [0, 0.05) is 34.9 Å². The smallest absolute Gasteiger partial charge is 0.312 e. The van der Waals surface area contributed by atoms with Crippen LogP contribution in [0.3, 0.4) is 0 Å². The van der Waals surface area contributed by atoms with Gasteiger partial charge in [-0.2, -0.15) is 0 Å². The van der Waals surface area contributed by atoms with E-state index in [4.69, 9.17) is 27.9 Å². The molecule has 0 bridgehead atoms. The van der Waals surface area contributed by atoms with Crippen molar-refractivity contribution in [3.05, 3.63) is 70.5 Å². The van der Waals surface area contributed by atoms with E-state index in [0.717, 1.165) is 17.1 Å². The number of alkyl halides is 1. The third kappa shape index (κ3) is 5.83. The Balaban J connectivity index is 1.61. The summed E-state index contributed by atoms with van der Waals surface area (Å²) in [5, 5.41) is 1.50. The predicted molar refractivity (Wildman–Crippen MR) is 115 cm³/mol. The Hall–Kier alpha value is -2.97. The van der Waals surface area contributed by atoms with Crippen molar-refractivity contribution in [3.8, 4) is 0 Å². The number of rotatable bonds is 8. The molecule has 10 heteroatoms. The molecular formula is C22H19Cl2FN2O5. The van der Waals surface area contributed by atoms with Gasteiger partial charge >= 0.3 is 5.97 Å². The molecule has 0 aromatic heterocycles. The van der Waals surface area contributed by atoms with Crippen LogP contribution in [0.4, 0.5) is 4.39 Å². The summed E-state index contributed by atoms with van der Waals surface area (Å²) in [5.74, 6) is -3.59. The number of carbonyl (C=O) groups excluding carboxylic acids is 4. The standard InChI is InChI=1S/C22H19Cl2FN2O5/c23-10-9-18(20(29)13-3-7-17(25)8-4-13)32-22(31)15-11-19(28)27(12-15)26-21(30)14-1-5-16(24)6-2-14/h1-8,15,18H,9-12H2,(H,26,30)/t15-,18-/m1/s1. The van der Waals surface area contributed by atoms with Crippen LogP contribution in [-0.2, 0) is 14.3 Å². The van der Waals surface area contributed by atoms with Crippen molar-refractivity contribution in [3.63, 3.8) is 0 Å². The number of nitrogens with one attached hydrogen (secondary N) is 1. The van der Waals surface area contributed by atoms with Crippen molar-refractivity contribution in [2.45, 2.75) is 18.9 Å². The number of carbonyl (C=O) groups is 4. The number of ketones is 1. The lowest BCUT2D eigenvalue weighted by Gasteiger charge is -2.19. The van der Waals surface area contributed by atoms with Crippen molar-refractivity contribution in [2.75, 3.05) is 12.4 Å². The number of benzene rings is 2. The Morgan fingerprint density at radius 3 is 2.34 bits per heavy atom. The molecule has 0 saturated carbocycles. The average molecular weight is 481 g/mol. The summed E-state index contributed by atoms with van der Waals surface area (Å²) in [6, 6.07) is 10.9.